The lowest BCUT2D eigenvalue weighted by Crippen LogP contribution is -2.50. The number of carbonyl (C=O) groups excluding carboxylic acids is 1. The number of nitrogens with one attached hydrogen (secondary N) is 1. The molecule has 0 radical (unpaired) electrons. The number of amides is 1. The second-order valence-electron chi connectivity index (χ2n) is 7.82. The second kappa shape index (κ2) is 8.80. The summed E-state index contributed by atoms with van der Waals surface area (Å²) in [5.74, 6) is 1.14. The first-order valence-electron chi connectivity index (χ1n) is 10.7. The predicted octanol–water partition coefficient (Wildman–Crippen LogP) is 2.68. The summed E-state index contributed by atoms with van der Waals surface area (Å²) in [5.41, 5.74) is 1.47. The minimum absolute atomic E-state index is 0.0391. The molecule has 170 valence electrons. The van der Waals surface area contributed by atoms with Gasteiger partial charge in [0.1, 0.15) is 10.5 Å². The van der Waals surface area contributed by atoms with E-state index < -0.39 is 10.0 Å². The Morgan fingerprint density at radius 2 is 1.82 bits per heavy atom. The highest BCUT2D eigenvalue weighted by Gasteiger charge is 2.31. The van der Waals surface area contributed by atoms with Gasteiger partial charge >= 0.3 is 0 Å². The number of oxazole rings is 1. The van der Waals surface area contributed by atoms with Gasteiger partial charge in [-0.25, -0.2) is 18.4 Å². The summed E-state index contributed by atoms with van der Waals surface area (Å²) >= 11 is 0. The van der Waals surface area contributed by atoms with Crippen molar-refractivity contribution in [1.82, 2.24) is 24.2 Å². The lowest BCUT2D eigenvalue weighted by atomic mass is 10.2. The quantitative estimate of drug-likeness (QED) is 0.469. The number of carbonyl (C=O) groups is 1. The van der Waals surface area contributed by atoms with Crippen LogP contribution in [0.1, 0.15) is 12.3 Å². The zero-order valence-corrected chi connectivity index (χ0v) is 18.7. The van der Waals surface area contributed by atoms with Crippen LogP contribution < -0.4 is 0 Å². The third-order valence-corrected chi connectivity index (χ3v) is 7.73. The smallest absolute Gasteiger partial charge is 0.245 e. The molecule has 1 aromatic carbocycles. The van der Waals surface area contributed by atoms with Crippen molar-refractivity contribution in [2.24, 2.45) is 0 Å². The number of aromatic amines is 1. The lowest BCUT2D eigenvalue weighted by molar-refractivity contribution is -0.132. The number of piperazine rings is 1. The van der Waals surface area contributed by atoms with Crippen LogP contribution in [0.3, 0.4) is 0 Å². The Balaban J connectivity index is 1.17. The molecule has 0 bridgehead atoms. The van der Waals surface area contributed by atoms with Gasteiger partial charge in [-0.05, 0) is 12.1 Å². The Morgan fingerprint density at radius 3 is 2.61 bits per heavy atom. The normalized spacial score (nSPS) is 15.2. The number of rotatable bonds is 6. The standard InChI is InChI=1S/C23H23N5O4S/c29-22(9-8-21-25-15-19(32-21)17-5-2-1-3-6-17)27-11-13-28(14-12-27)33(30,31)20-16-26-23-18(20)7-4-10-24-23/h1-7,10,15-16H,8-9,11-14H2,(H,24,26). The van der Waals surface area contributed by atoms with Crippen molar-refractivity contribution in [2.75, 3.05) is 26.2 Å². The fourth-order valence-corrected chi connectivity index (χ4v) is 5.57. The van der Waals surface area contributed by atoms with E-state index in [4.69, 9.17) is 4.42 Å². The van der Waals surface area contributed by atoms with Gasteiger partial charge < -0.3 is 14.3 Å². The first kappa shape index (κ1) is 21.4. The van der Waals surface area contributed by atoms with Crippen molar-refractivity contribution >= 4 is 27.0 Å². The molecule has 4 heterocycles. The second-order valence-corrected chi connectivity index (χ2v) is 9.73. The number of sulfonamides is 1. The minimum atomic E-state index is -3.67. The predicted molar refractivity (Wildman–Crippen MR) is 122 cm³/mol. The molecule has 1 N–H and O–H groups in total. The average molecular weight is 466 g/mol. The summed E-state index contributed by atoms with van der Waals surface area (Å²) in [4.78, 5) is 25.9. The molecule has 1 amide bonds. The maximum absolute atomic E-state index is 13.1. The van der Waals surface area contributed by atoms with E-state index in [9.17, 15) is 13.2 Å². The summed E-state index contributed by atoms with van der Waals surface area (Å²) in [7, 11) is -3.67. The molecule has 1 saturated heterocycles. The van der Waals surface area contributed by atoms with E-state index in [0.717, 1.165) is 5.56 Å². The van der Waals surface area contributed by atoms with Crippen molar-refractivity contribution in [3.63, 3.8) is 0 Å². The van der Waals surface area contributed by atoms with E-state index in [2.05, 4.69) is 15.0 Å². The van der Waals surface area contributed by atoms with Crippen LogP contribution in [0.15, 0.2) is 70.4 Å². The number of fused-ring (bicyclic) bond motifs is 1. The minimum Gasteiger partial charge on any atom is -0.441 e. The topological polar surface area (TPSA) is 112 Å². The number of aryl methyl sites for hydroxylation is 1. The lowest BCUT2D eigenvalue weighted by Gasteiger charge is -2.33. The highest BCUT2D eigenvalue weighted by Crippen LogP contribution is 2.25. The van der Waals surface area contributed by atoms with E-state index >= 15 is 0 Å². The Bertz CT molecular complexity index is 1370. The Hall–Kier alpha value is -3.50. The molecule has 33 heavy (non-hydrogen) atoms. The molecule has 9 nitrogen and oxygen atoms in total. The summed E-state index contributed by atoms with van der Waals surface area (Å²) < 4.78 is 33.4. The Labute approximate surface area is 191 Å². The van der Waals surface area contributed by atoms with Gasteiger partial charge in [-0.1, -0.05) is 30.3 Å². The maximum atomic E-state index is 13.1. The highest BCUT2D eigenvalue weighted by atomic mass is 32.2. The maximum Gasteiger partial charge on any atom is 0.245 e. The van der Waals surface area contributed by atoms with Crippen LogP contribution in [0.4, 0.5) is 0 Å². The van der Waals surface area contributed by atoms with Gasteiger partial charge in [0.2, 0.25) is 15.9 Å². The molecule has 1 aliphatic rings. The fourth-order valence-electron chi connectivity index (χ4n) is 3.99. The van der Waals surface area contributed by atoms with Crippen molar-refractivity contribution in [2.45, 2.75) is 17.7 Å². The van der Waals surface area contributed by atoms with Crippen LogP contribution >= 0.6 is 0 Å². The number of pyridine rings is 1. The number of aromatic nitrogens is 3. The summed E-state index contributed by atoms with van der Waals surface area (Å²) in [6.07, 6.45) is 5.41. The van der Waals surface area contributed by atoms with Crippen molar-refractivity contribution in [3.8, 4) is 11.3 Å². The van der Waals surface area contributed by atoms with Gasteiger partial charge in [-0.15, -0.1) is 0 Å². The van der Waals surface area contributed by atoms with Crippen molar-refractivity contribution in [1.29, 1.82) is 0 Å². The number of benzene rings is 1. The molecular formula is C23H23N5O4S. The monoisotopic (exact) mass is 465 g/mol. The number of H-pyrrole nitrogens is 1. The van der Waals surface area contributed by atoms with E-state index in [-0.39, 0.29) is 30.3 Å². The molecule has 0 saturated carbocycles. The number of hydrogen-bond donors (Lipinski definition) is 1. The number of hydrogen-bond acceptors (Lipinski definition) is 6. The molecule has 0 aliphatic carbocycles. The van der Waals surface area contributed by atoms with Gasteiger partial charge in [0.15, 0.2) is 11.7 Å². The summed E-state index contributed by atoms with van der Waals surface area (Å²) in [6.45, 7) is 1.19. The van der Waals surface area contributed by atoms with Gasteiger partial charge in [0, 0.05) is 62.4 Å². The average Bonchev–Trinajstić information content (AvgIpc) is 3.51. The Morgan fingerprint density at radius 1 is 1.03 bits per heavy atom. The van der Waals surface area contributed by atoms with Crippen LogP contribution in [0, 0.1) is 0 Å². The first-order chi connectivity index (χ1) is 16.0. The summed E-state index contributed by atoms with van der Waals surface area (Å²) in [6, 6.07) is 13.1. The van der Waals surface area contributed by atoms with Gasteiger partial charge in [-0.2, -0.15) is 4.31 Å². The number of nitrogens with zero attached hydrogens (tertiary/aromatic N) is 4. The van der Waals surface area contributed by atoms with Crippen LogP contribution in [0.25, 0.3) is 22.4 Å². The van der Waals surface area contributed by atoms with Crippen LogP contribution in [-0.2, 0) is 21.2 Å². The molecular weight excluding hydrogens is 442 g/mol. The molecule has 0 spiro atoms. The molecule has 0 unspecified atom stereocenters. The molecule has 4 aromatic rings. The van der Waals surface area contributed by atoms with Crippen LogP contribution in [0.2, 0.25) is 0 Å². The fraction of sp³-hybridized carbons (Fsp3) is 0.261. The van der Waals surface area contributed by atoms with Crippen molar-refractivity contribution < 1.29 is 17.6 Å². The van der Waals surface area contributed by atoms with Gasteiger partial charge in [-0.3, -0.25) is 4.79 Å². The molecule has 3 aromatic heterocycles. The van der Waals surface area contributed by atoms with Gasteiger partial charge in [0.05, 0.1) is 6.20 Å². The van der Waals surface area contributed by atoms with Gasteiger partial charge in [0.25, 0.3) is 0 Å². The summed E-state index contributed by atoms with van der Waals surface area (Å²) in [5, 5.41) is 0.567. The largest absolute Gasteiger partial charge is 0.441 e. The molecule has 0 atom stereocenters. The first-order valence-corrected chi connectivity index (χ1v) is 12.2. The van der Waals surface area contributed by atoms with E-state index in [1.807, 2.05) is 30.3 Å². The SMILES string of the molecule is O=C(CCc1ncc(-c2ccccc2)o1)N1CCN(S(=O)(=O)c2c[nH]c3ncccc23)CC1. The van der Waals surface area contributed by atoms with Crippen LogP contribution in [0.5, 0.6) is 0 Å². The molecule has 1 fully saturated rings. The molecule has 10 heteroatoms. The van der Waals surface area contributed by atoms with Crippen LogP contribution in [-0.4, -0.2) is 64.7 Å². The van der Waals surface area contributed by atoms with E-state index in [0.29, 0.717) is 42.2 Å². The third-order valence-electron chi connectivity index (χ3n) is 5.79. The van der Waals surface area contributed by atoms with E-state index in [1.165, 1.54) is 10.5 Å². The zero-order chi connectivity index (χ0) is 22.8. The molecule has 1 aliphatic heterocycles. The zero-order valence-electron chi connectivity index (χ0n) is 17.8. The molecule has 5 rings (SSSR count). The highest BCUT2D eigenvalue weighted by molar-refractivity contribution is 7.89. The third kappa shape index (κ3) is 4.27. The Kier molecular flexibility index (Phi) is 5.69. The van der Waals surface area contributed by atoms with Crippen molar-refractivity contribution in [3.05, 3.63) is 66.9 Å². The van der Waals surface area contributed by atoms with E-state index in [1.54, 1.807) is 29.4 Å².